The number of amides is 2. The zero-order valence-corrected chi connectivity index (χ0v) is 19.0. The Morgan fingerprint density at radius 3 is 2.50 bits per heavy atom. The molecule has 2 amide bonds. The number of hydrogen-bond acceptors (Lipinski definition) is 7. The molecule has 2 atom stereocenters. The van der Waals surface area contributed by atoms with Crippen LogP contribution in [-0.4, -0.2) is 108 Å². The highest BCUT2D eigenvalue weighted by Gasteiger charge is 2.53. The number of aromatic nitrogens is 1. The smallest absolute Gasteiger partial charge is 0.223 e. The van der Waals surface area contributed by atoms with Gasteiger partial charge in [0.25, 0.3) is 0 Å². The van der Waals surface area contributed by atoms with Crippen molar-refractivity contribution in [2.45, 2.75) is 37.1 Å². The molecule has 0 spiro atoms. The lowest BCUT2D eigenvalue weighted by Crippen LogP contribution is -2.47. The highest BCUT2D eigenvalue weighted by Crippen LogP contribution is 2.33. The number of likely N-dealkylation sites (N-methyl/N-ethyl adjacent to an activating group) is 1. The zero-order chi connectivity index (χ0) is 22.9. The van der Waals surface area contributed by atoms with Gasteiger partial charge in [0.2, 0.25) is 21.8 Å². The van der Waals surface area contributed by atoms with Crippen LogP contribution in [0.5, 0.6) is 0 Å². The number of piperazine rings is 1. The molecule has 11 heteroatoms. The third kappa shape index (κ3) is 4.69. The fraction of sp³-hybridized carbons (Fsp3) is 0.619. The molecule has 0 saturated carbocycles. The highest BCUT2D eigenvalue weighted by atomic mass is 32.2. The lowest BCUT2D eigenvalue weighted by atomic mass is 10.1. The Balaban J connectivity index is 1.36. The fourth-order valence-corrected chi connectivity index (χ4v) is 6.48. The zero-order valence-electron chi connectivity index (χ0n) is 18.2. The third-order valence-electron chi connectivity index (χ3n) is 6.54. The van der Waals surface area contributed by atoms with Gasteiger partial charge in [-0.05, 0) is 25.1 Å². The van der Waals surface area contributed by atoms with Crippen LogP contribution in [0.15, 0.2) is 24.5 Å². The van der Waals surface area contributed by atoms with Crippen molar-refractivity contribution in [3.63, 3.8) is 0 Å². The van der Waals surface area contributed by atoms with Crippen LogP contribution in [0, 0.1) is 0 Å². The van der Waals surface area contributed by atoms with Gasteiger partial charge in [0.1, 0.15) is 6.04 Å². The molecule has 0 radical (unpaired) electrons. The molecule has 4 rings (SSSR count). The standard InChI is InChI=1S/C21H29N5O5S/c1-23-9-11-24(12-10-23)19(28)4-5-20(29)25-8-6-17-21(25)18(27)14-26(17)32(30,31)15-16-3-2-7-22-13-16/h2-3,7,13,17,21H,4-6,8-12,14-15H2,1H3. The number of ketones is 1. The van der Waals surface area contributed by atoms with Crippen LogP contribution in [-0.2, 0) is 30.2 Å². The highest BCUT2D eigenvalue weighted by molar-refractivity contribution is 7.88. The molecule has 3 fully saturated rings. The lowest BCUT2D eigenvalue weighted by molar-refractivity contribution is -0.139. The number of pyridine rings is 1. The van der Waals surface area contributed by atoms with Gasteiger partial charge in [-0.15, -0.1) is 0 Å². The number of hydrogen-bond donors (Lipinski definition) is 0. The average molecular weight is 464 g/mol. The number of likely N-dealkylation sites (tertiary alicyclic amines) is 1. The second-order valence-corrected chi connectivity index (χ2v) is 10.6. The molecule has 0 N–H and O–H groups in total. The monoisotopic (exact) mass is 463 g/mol. The summed E-state index contributed by atoms with van der Waals surface area (Å²) in [5, 5.41) is 0. The van der Waals surface area contributed by atoms with E-state index in [1.165, 1.54) is 15.4 Å². The molecular formula is C21H29N5O5S. The number of fused-ring (bicyclic) bond motifs is 1. The quantitative estimate of drug-likeness (QED) is 0.550. The van der Waals surface area contributed by atoms with Gasteiger partial charge in [0.05, 0.1) is 18.3 Å². The molecule has 0 aromatic carbocycles. The summed E-state index contributed by atoms with van der Waals surface area (Å²) < 4.78 is 27.2. The normalized spacial score (nSPS) is 24.7. The molecule has 10 nitrogen and oxygen atoms in total. The maximum atomic E-state index is 13.0. The van der Waals surface area contributed by atoms with E-state index < -0.39 is 22.1 Å². The summed E-state index contributed by atoms with van der Waals surface area (Å²) in [5.74, 6) is -0.813. The number of Topliss-reactive ketones (excluding diaryl/α,β-unsaturated/α-hetero) is 1. The van der Waals surface area contributed by atoms with Gasteiger partial charge in [-0.1, -0.05) is 6.07 Å². The van der Waals surface area contributed by atoms with Gasteiger partial charge < -0.3 is 14.7 Å². The Morgan fingerprint density at radius 2 is 1.81 bits per heavy atom. The van der Waals surface area contributed by atoms with Gasteiger partial charge in [0.15, 0.2) is 5.78 Å². The lowest BCUT2D eigenvalue weighted by Gasteiger charge is -2.32. The van der Waals surface area contributed by atoms with E-state index in [4.69, 9.17) is 0 Å². The Labute approximate surface area is 188 Å². The number of carbonyl (C=O) groups excluding carboxylic acids is 3. The van der Waals surface area contributed by atoms with Gasteiger partial charge >= 0.3 is 0 Å². The van der Waals surface area contributed by atoms with Crippen LogP contribution in [0.25, 0.3) is 0 Å². The maximum absolute atomic E-state index is 13.0. The fourth-order valence-electron chi connectivity index (χ4n) is 4.76. The topological polar surface area (TPSA) is 111 Å². The SMILES string of the molecule is CN1CCN(C(=O)CCC(=O)N2CCC3C2C(=O)CN3S(=O)(=O)Cc2cccnc2)CC1. The van der Waals surface area contributed by atoms with Crippen molar-refractivity contribution in [1.29, 1.82) is 0 Å². The molecule has 1 aromatic rings. The van der Waals surface area contributed by atoms with E-state index in [0.717, 1.165) is 13.1 Å². The number of carbonyl (C=O) groups is 3. The minimum absolute atomic E-state index is 0.0319. The van der Waals surface area contributed by atoms with Crippen LogP contribution in [0.2, 0.25) is 0 Å². The summed E-state index contributed by atoms with van der Waals surface area (Å²) in [6.45, 7) is 3.03. The number of nitrogens with zero attached hydrogens (tertiary/aromatic N) is 5. The second kappa shape index (κ2) is 9.24. The van der Waals surface area contributed by atoms with Crippen LogP contribution in [0.4, 0.5) is 0 Å². The maximum Gasteiger partial charge on any atom is 0.223 e. The van der Waals surface area contributed by atoms with Crippen molar-refractivity contribution in [3.05, 3.63) is 30.1 Å². The summed E-state index contributed by atoms with van der Waals surface area (Å²) in [6, 6.07) is 2.05. The van der Waals surface area contributed by atoms with Crippen LogP contribution in [0.3, 0.4) is 0 Å². The van der Waals surface area contributed by atoms with Crippen molar-refractivity contribution >= 4 is 27.6 Å². The Hall–Kier alpha value is -2.37. The molecule has 174 valence electrons. The molecule has 3 aliphatic rings. The molecule has 32 heavy (non-hydrogen) atoms. The molecule has 2 unspecified atom stereocenters. The average Bonchev–Trinajstić information content (AvgIpc) is 3.34. The van der Waals surface area contributed by atoms with E-state index in [0.29, 0.717) is 31.6 Å². The van der Waals surface area contributed by atoms with Crippen LogP contribution >= 0.6 is 0 Å². The molecule has 3 aliphatic heterocycles. The van der Waals surface area contributed by atoms with Crippen molar-refractivity contribution in [1.82, 2.24) is 24.0 Å². The molecule has 1 aromatic heterocycles. The first-order valence-corrected chi connectivity index (χ1v) is 12.5. The minimum atomic E-state index is -3.72. The van der Waals surface area contributed by atoms with E-state index >= 15 is 0 Å². The third-order valence-corrected chi connectivity index (χ3v) is 8.35. The van der Waals surface area contributed by atoms with Gasteiger partial charge in [-0.25, -0.2) is 8.42 Å². The second-order valence-electron chi connectivity index (χ2n) is 8.70. The van der Waals surface area contributed by atoms with Crippen LogP contribution in [0.1, 0.15) is 24.8 Å². The van der Waals surface area contributed by atoms with E-state index in [1.54, 1.807) is 23.2 Å². The van der Waals surface area contributed by atoms with Crippen molar-refractivity contribution in [2.75, 3.05) is 46.3 Å². The number of sulfonamides is 1. The number of rotatable bonds is 6. The minimum Gasteiger partial charge on any atom is -0.340 e. The largest absolute Gasteiger partial charge is 0.340 e. The van der Waals surface area contributed by atoms with E-state index in [-0.39, 0.29) is 42.7 Å². The van der Waals surface area contributed by atoms with E-state index in [9.17, 15) is 22.8 Å². The first kappa shape index (κ1) is 22.8. The summed E-state index contributed by atoms with van der Waals surface area (Å²) >= 11 is 0. The predicted molar refractivity (Wildman–Crippen MR) is 116 cm³/mol. The predicted octanol–water partition coefficient (Wildman–Crippen LogP) is -0.680. The summed E-state index contributed by atoms with van der Waals surface area (Å²) in [6.07, 6.45) is 3.62. The van der Waals surface area contributed by atoms with E-state index in [1.807, 2.05) is 7.05 Å². The van der Waals surface area contributed by atoms with Gasteiger partial charge in [-0.3, -0.25) is 19.4 Å². The van der Waals surface area contributed by atoms with E-state index in [2.05, 4.69) is 9.88 Å². The summed E-state index contributed by atoms with van der Waals surface area (Å²) in [7, 11) is -1.72. The summed E-state index contributed by atoms with van der Waals surface area (Å²) in [4.78, 5) is 47.3. The van der Waals surface area contributed by atoms with Crippen LogP contribution < -0.4 is 0 Å². The van der Waals surface area contributed by atoms with Crippen molar-refractivity contribution in [3.8, 4) is 0 Å². The summed E-state index contributed by atoms with van der Waals surface area (Å²) in [5.41, 5.74) is 0.553. The molecule has 0 bridgehead atoms. The Kier molecular flexibility index (Phi) is 6.59. The Bertz CT molecular complexity index is 978. The Morgan fingerprint density at radius 1 is 1.09 bits per heavy atom. The first-order valence-electron chi connectivity index (χ1n) is 10.9. The van der Waals surface area contributed by atoms with Gasteiger partial charge in [-0.2, -0.15) is 4.31 Å². The first-order chi connectivity index (χ1) is 15.3. The molecular weight excluding hydrogens is 434 g/mol. The van der Waals surface area contributed by atoms with Crippen molar-refractivity contribution < 1.29 is 22.8 Å². The molecule has 3 saturated heterocycles. The van der Waals surface area contributed by atoms with Gasteiger partial charge in [0, 0.05) is 58.0 Å². The molecule has 0 aliphatic carbocycles. The van der Waals surface area contributed by atoms with Crippen molar-refractivity contribution in [2.24, 2.45) is 0 Å². The molecule has 4 heterocycles.